The quantitative estimate of drug-likeness (QED) is 0.233. The monoisotopic (exact) mass is 435 g/mol. The van der Waals surface area contributed by atoms with Crippen LogP contribution in [0.1, 0.15) is 39.7 Å². The van der Waals surface area contributed by atoms with Crippen LogP contribution in [0.3, 0.4) is 0 Å². The molecule has 0 aliphatic rings. The van der Waals surface area contributed by atoms with Crippen molar-refractivity contribution in [1.29, 1.82) is 0 Å². The van der Waals surface area contributed by atoms with Crippen LogP contribution in [0.4, 0.5) is 4.79 Å². The molecule has 1 rings (SSSR count). The third kappa shape index (κ3) is 12.9. The Bertz CT molecular complexity index is 744. The Morgan fingerprint density at radius 3 is 2.45 bits per heavy atom. The minimum Gasteiger partial charge on any atom is -0.484 e. The number of rotatable bonds is 11. The summed E-state index contributed by atoms with van der Waals surface area (Å²) in [6.45, 7) is 8.08. The molecule has 0 unspecified atom stereocenters. The fourth-order valence-electron chi connectivity index (χ4n) is 2.33. The van der Waals surface area contributed by atoms with Crippen LogP contribution in [-0.4, -0.2) is 55.5 Å². The molecule has 0 radical (unpaired) electrons. The summed E-state index contributed by atoms with van der Waals surface area (Å²) in [6, 6.07) is 6.11. The fourth-order valence-corrected chi connectivity index (χ4v) is 2.33. The Morgan fingerprint density at radius 2 is 1.84 bits per heavy atom. The molecule has 0 saturated carbocycles. The zero-order chi connectivity index (χ0) is 23.3. The molecular formula is C21H33N5O5. The lowest BCUT2D eigenvalue weighted by Crippen LogP contribution is -2.35. The van der Waals surface area contributed by atoms with Crippen molar-refractivity contribution in [3.8, 4) is 5.75 Å². The van der Waals surface area contributed by atoms with Crippen LogP contribution in [0, 0.1) is 0 Å². The summed E-state index contributed by atoms with van der Waals surface area (Å²) in [7, 11) is 0. The lowest BCUT2D eigenvalue weighted by Gasteiger charge is -2.20. The van der Waals surface area contributed by atoms with Gasteiger partial charge in [0.1, 0.15) is 11.4 Å². The van der Waals surface area contributed by atoms with E-state index in [-0.39, 0.29) is 18.9 Å². The maximum Gasteiger partial charge on any atom is 0.335 e. The molecule has 1 aromatic rings. The molecule has 3 amide bonds. The second-order valence-corrected chi connectivity index (χ2v) is 7.74. The number of hydrogen-bond donors (Lipinski definition) is 4. The van der Waals surface area contributed by atoms with Gasteiger partial charge in [-0.2, -0.15) is 5.10 Å². The lowest BCUT2D eigenvalue weighted by molar-refractivity contribution is -0.154. The van der Waals surface area contributed by atoms with Gasteiger partial charge < -0.3 is 25.8 Å². The molecule has 0 aliphatic carbocycles. The van der Waals surface area contributed by atoms with E-state index in [1.165, 1.54) is 6.21 Å². The molecule has 10 heteroatoms. The Labute approximate surface area is 182 Å². The van der Waals surface area contributed by atoms with Crippen molar-refractivity contribution in [2.75, 3.05) is 19.7 Å². The molecule has 1 atom stereocenters. The lowest BCUT2D eigenvalue weighted by atomic mass is 10.1. The number of hydrogen-bond acceptors (Lipinski definition) is 7. The number of nitrogens with zero attached hydrogens (tertiary/aromatic N) is 1. The molecular weight excluding hydrogens is 402 g/mol. The van der Waals surface area contributed by atoms with Crippen molar-refractivity contribution in [1.82, 2.24) is 16.1 Å². The van der Waals surface area contributed by atoms with Gasteiger partial charge in [-0.15, -0.1) is 0 Å². The van der Waals surface area contributed by atoms with Crippen molar-refractivity contribution in [3.05, 3.63) is 29.8 Å². The predicted molar refractivity (Wildman–Crippen MR) is 118 cm³/mol. The van der Waals surface area contributed by atoms with Crippen LogP contribution >= 0.6 is 0 Å². The van der Waals surface area contributed by atoms with Crippen LogP contribution in [-0.2, 0) is 20.7 Å². The number of ether oxygens (including phenoxy) is 2. The molecule has 10 nitrogen and oxygen atoms in total. The molecule has 0 heterocycles. The van der Waals surface area contributed by atoms with E-state index in [1.807, 2.05) is 19.1 Å². The largest absolute Gasteiger partial charge is 0.484 e. The van der Waals surface area contributed by atoms with E-state index in [9.17, 15) is 14.4 Å². The molecule has 1 aromatic carbocycles. The zero-order valence-electron chi connectivity index (χ0n) is 18.6. The maximum absolute atomic E-state index is 11.8. The minimum atomic E-state index is -0.663. The van der Waals surface area contributed by atoms with Crippen molar-refractivity contribution >= 4 is 24.1 Å². The first kappa shape index (κ1) is 25.9. The minimum absolute atomic E-state index is 0.0309. The van der Waals surface area contributed by atoms with Crippen molar-refractivity contribution < 1.29 is 23.9 Å². The first-order chi connectivity index (χ1) is 14.6. The fraction of sp³-hybridized carbons (Fsp3) is 0.524. The standard InChI is InChI=1S/C21H33N5O5/c1-5-23-18(27)14-30-17-8-6-15(7-9-17)10-11-24-20(29)26-25-13-16(22)12-19(28)31-21(2,3)4/h6-9,13,16H,5,10-12,14,22H2,1-4H3,(H,23,27)(H2,24,26,29)/b25-13+/t16-/m0/s1. The predicted octanol–water partition coefficient (Wildman–Crippen LogP) is 1.09. The first-order valence-corrected chi connectivity index (χ1v) is 10.1. The Balaban J connectivity index is 2.25. The SMILES string of the molecule is CCNC(=O)COc1ccc(CCNC(=O)N/N=C/[C@@H](N)CC(=O)OC(C)(C)C)cc1. The smallest absolute Gasteiger partial charge is 0.335 e. The van der Waals surface area contributed by atoms with E-state index in [0.29, 0.717) is 25.3 Å². The van der Waals surface area contributed by atoms with Gasteiger partial charge in [-0.3, -0.25) is 9.59 Å². The van der Waals surface area contributed by atoms with Gasteiger partial charge in [-0.05, 0) is 51.8 Å². The van der Waals surface area contributed by atoms with E-state index in [4.69, 9.17) is 15.2 Å². The molecule has 5 N–H and O–H groups in total. The summed E-state index contributed by atoms with van der Waals surface area (Å²) < 4.78 is 10.5. The van der Waals surface area contributed by atoms with Gasteiger partial charge in [0.15, 0.2) is 6.61 Å². The maximum atomic E-state index is 11.8. The zero-order valence-corrected chi connectivity index (χ0v) is 18.6. The number of esters is 1. The number of urea groups is 1. The highest BCUT2D eigenvalue weighted by molar-refractivity contribution is 5.79. The summed E-state index contributed by atoms with van der Waals surface area (Å²) in [5.41, 5.74) is 8.48. The summed E-state index contributed by atoms with van der Waals surface area (Å²) >= 11 is 0. The van der Waals surface area contributed by atoms with Crippen molar-refractivity contribution in [2.45, 2.75) is 52.2 Å². The summed E-state index contributed by atoms with van der Waals surface area (Å²) in [4.78, 5) is 34.8. The number of amides is 3. The number of likely N-dealkylation sites (N-methyl/N-ethyl adjacent to an activating group) is 1. The number of carbonyl (C=O) groups excluding carboxylic acids is 3. The van der Waals surface area contributed by atoms with Gasteiger partial charge in [0, 0.05) is 19.3 Å². The van der Waals surface area contributed by atoms with Crippen molar-refractivity contribution in [3.63, 3.8) is 0 Å². The molecule has 0 aromatic heterocycles. The highest BCUT2D eigenvalue weighted by atomic mass is 16.6. The molecule has 172 valence electrons. The van der Waals surface area contributed by atoms with Gasteiger partial charge in [0.25, 0.3) is 5.91 Å². The molecule has 0 spiro atoms. The van der Waals surface area contributed by atoms with Crippen molar-refractivity contribution in [2.24, 2.45) is 10.8 Å². The van der Waals surface area contributed by atoms with Gasteiger partial charge in [0.05, 0.1) is 12.5 Å². The van der Waals surface area contributed by atoms with Crippen LogP contribution in [0.15, 0.2) is 29.4 Å². The van der Waals surface area contributed by atoms with E-state index in [0.717, 1.165) is 5.56 Å². The van der Waals surface area contributed by atoms with E-state index >= 15 is 0 Å². The highest BCUT2D eigenvalue weighted by Crippen LogP contribution is 2.12. The third-order valence-electron chi connectivity index (χ3n) is 3.62. The van der Waals surface area contributed by atoms with E-state index < -0.39 is 23.6 Å². The first-order valence-electron chi connectivity index (χ1n) is 10.1. The molecule has 0 fully saturated rings. The van der Waals surface area contributed by atoms with Crippen LogP contribution in [0.25, 0.3) is 0 Å². The number of nitrogens with one attached hydrogen (secondary N) is 3. The number of carbonyl (C=O) groups is 3. The van der Waals surface area contributed by atoms with E-state index in [2.05, 4.69) is 21.2 Å². The average molecular weight is 436 g/mol. The van der Waals surface area contributed by atoms with Gasteiger partial charge in [0.2, 0.25) is 0 Å². The molecule has 0 saturated heterocycles. The van der Waals surface area contributed by atoms with Gasteiger partial charge in [-0.25, -0.2) is 10.2 Å². The van der Waals surface area contributed by atoms with Gasteiger partial charge >= 0.3 is 12.0 Å². The Morgan fingerprint density at radius 1 is 1.16 bits per heavy atom. The van der Waals surface area contributed by atoms with Crippen LogP contribution in [0.2, 0.25) is 0 Å². The topological polar surface area (TPSA) is 144 Å². The molecule has 0 bridgehead atoms. The van der Waals surface area contributed by atoms with Crippen LogP contribution in [0.5, 0.6) is 5.75 Å². The number of nitrogens with two attached hydrogens (primary N) is 1. The molecule has 31 heavy (non-hydrogen) atoms. The summed E-state index contributed by atoms with van der Waals surface area (Å²) in [5, 5.41) is 9.06. The Hall–Kier alpha value is -3.14. The number of benzene rings is 1. The van der Waals surface area contributed by atoms with Crippen LogP contribution < -0.4 is 26.5 Å². The Kier molecular flexibility index (Phi) is 11.0. The normalized spacial score (nSPS) is 12.2. The summed E-state index contributed by atoms with van der Waals surface area (Å²) in [5.74, 6) is -0.00967. The average Bonchev–Trinajstić information content (AvgIpc) is 2.66. The van der Waals surface area contributed by atoms with Gasteiger partial charge in [-0.1, -0.05) is 12.1 Å². The second kappa shape index (κ2) is 13.2. The highest BCUT2D eigenvalue weighted by Gasteiger charge is 2.17. The third-order valence-corrected chi connectivity index (χ3v) is 3.62. The summed E-state index contributed by atoms with van der Waals surface area (Å²) in [6.07, 6.45) is 1.85. The second-order valence-electron chi connectivity index (χ2n) is 7.74. The molecule has 0 aliphatic heterocycles. The number of hydrazone groups is 1. The van der Waals surface area contributed by atoms with E-state index in [1.54, 1.807) is 32.9 Å².